The summed E-state index contributed by atoms with van der Waals surface area (Å²) < 4.78 is 0. The van der Waals surface area contributed by atoms with Crippen LogP contribution in [-0.2, 0) is 0 Å². The Morgan fingerprint density at radius 1 is 1.05 bits per heavy atom. The molecule has 0 spiro atoms. The standard InChI is InChI=1S/C13H21N5O2/c1-15(2)17(4)18(5)16(3)14-13(20)12-9-7-6-8-11(12)10-19/h6-10H,1-5H3,(H,14,20). The summed E-state index contributed by atoms with van der Waals surface area (Å²) in [5.74, 6) is -0.339. The van der Waals surface area contributed by atoms with Crippen LogP contribution in [0.2, 0.25) is 0 Å². The van der Waals surface area contributed by atoms with Gasteiger partial charge in [0.15, 0.2) is 6.29 Å². The van der Waals surface area contributed by atoms with Crippen LogP contribution >= 0.6 is 0 Å². The predicted molar refractivity (Wildman–Crippen MR) is 76.3 cm³/mol. The average molecular weight is 279 g/mol. The van der Waals surface area contributed by atoms with Crippen LogP contribution in [0.4, 0.5) is 0 Å². The van der Waals surface area contributed by atoms with Crippen LogP contribution in [0.15, 0.2) is 24.3 Å². The largest absolute Gasteiger partial charge is 0.298 e. The Morgan fingerprint density at radius 2 is 1.65 bits per heavy atom. The fraction of sp³-hybridized carbons (Fsp3) is 0.385. The molecule has 0 aromatic heterocycles. The normalized spacial score (nSPS) is 11.4. The van der Waals surface area contributed by atoms with Crippen LogP contribution in [0.1, 0.15) is 20.7 Å². The lowest BCUT2D eigenvalue weighted by atomic mass is 10.1. The second-order valence-electron chi connectivity index (χ2n) is 4.50. The fourth-order valence-corrected chi connectivity index (χ4v) is 1.54. The smallest absolute Gasteiger partial charge is 0.267 e. The van der Waals surface area contributed by atoms with Gasteiger partial charge >= 0.3 is 0 Å². The number of hydrogen-bond donors (Lipinski definition) is 1. The number of amides is 1. The van der Waals surface area contributed by atoms with Crippen molar-refractivity contribution in [3.63, 3.8) is 0 Å². The van der Waals surface area contributed by atoms with Crippen molar-refractivity contribution in [2.75, 3.05) is 35.2 Å². The van der Waals surface area contributed by atoms with Gasteiger partial charge in [-0.05, 0) is 6.07 Å². The number of hydrazine groups is 4. The molecule has 0 radical (unpaired) electrons. The van der Waals surface area contributed by atoms with Gasteiger partial charge in [-0.15, -0.1) is 10.2 Å². The maximum absolute atomic E-state index is 12.2. The number of rotatable bonds is 6. The Morgan fingerprint density at radius 3 is 2.20 bits per heavy atom. The minimum Gasteiger partial charge on any atom is -0.298 e. The molecule has 1 aromatic rings. The molecule has 0 atom stereocenters. The summed E-state index contributed by atoms with van der Waals surface area (Å²) in [5.41, 5.74) is 3.41. The average Bonchev–Trinajstić information content (AvgIpc) is 2.45. The van der Waals surface area contributed by atoms with E-state index in [1.165, 1.54) is 5.12 Å². The van der Waals surface area contributed by atoms with Gasteiger partial charge < -0.3 is 0 Å². The number of carbonyl (C=O) groups is 2. The zero-order valence-electron chi connectivity index (χ0n) is 12.5. The molecule has 0 aliphatic heterocycles. The molecule has 1 rings (SSSR count). The van der Waals surface area contributed by atoms with E-state index in [2.05, 4.69) is 5.43 Å². The van der Waals surface area contributed by atoms with Crippen molar-refractivity contribution in [3.05, 3.63) is 35.4 Å². The monoisotopic (exact) mass is 279 g/mol. The fourth-order valence-electron chi connectivity index (χ4n) is 1.54. The van der Waals surface area contributed by atoms with Crippen LogP contribution in [-0.4, -0.2) is 67.8 Å². The van der Waals surface area contributed by atoms with E-state index in [-0.39, 0.29) is 5.91 Å². The summed E-state index contributed by atoms with van der Waals surface area (Å²) in [4.78, 5) is 23.1. The summed E-state index contributed by atoms with van der Waals surface area (Å²) >= 11 is 0. The molecule has 0 saturated heterocycles. The molecule has 1 aromatic carbocycles. The van der Waals surface area contributed by atoms with Crippen molar-refractivity contribution >= 4 is 12.2 Å². The van der Waals surface area contributed by atoms with Crippen molar-refractivity contribution in [2.45, 2.75) is 0 Å². The van der Waals surface area contributed by atoms with Crippen LogP contribution in [0.3, 0.4) is 0 Å². The lowest BCUT2D eigenvalue weighted by molar-refractivity contribution is -0.239. The molecule has 0 aliphatic rings. The topological polar surface area (TPSA) is 59.1 Å². The molecule has 0 aliphatic carbocycles. The van der Waals surface area contributed by atoms with Crippen molar-refractivity contribution in [2.24, 2.45) is 0 Å². The third kappa shape index (κ3) is 3.84. The SMILES string of the molecule is CN(C)N(C)N(C)N(C)NC(=O)c1ccccc1C=O. The molecule has 20 heavy (non-hydrogen) atoms. The lowest BCUT2D eigenvalue weighted by Gasteiger charge is -2.38. The van der Waals surface area contributed by atoms with E-state index >= 15 is 0 Å². The molecule has 7 heteroatoms. The molecule has 110 valence electrons. The van der Waals surface area contributed by atoms with Crippen LogP contribution in [0.25, 0.3) is 0 Å². The summed E-state index contributed by atoms with van der Waals surface area (Å²) in [6.07, 6.45) is 0.671. The first kappa shape index (κ1) is 16.3. The summed E-state index contributed by atoms with van der Waals surface area (Å²) in [7, 11) is 9.12. The number of nitrogens with one attached hydrogen (secondary N) is 1. The van der Waals surface area contributed by atoms with Crippen molar-refractivity contribution < 1.29 is 9.59 Å². The number of hydrogen-bond acceptors (Lipinski definition) is 6. The maximum atomic E-state index is 12.2. The number of nitrogens with zero attached hydrogens (tertiary/aromatic N) is 4. The lowest BCUT2D eigenvalue weighted by Crippen LogP contribution is -2.58. The van der Waals surface area contributed by atoms with E-state index in [4.69, 9.17) is 0 Å². The first-order chi connectivity index (χ1) is 9.38. The molecular weight excluding hydrogens is 258 g/mol. The zero-order valence-corrected chi connectivity index (χ0v) is 12.5. The molecule has 7 nitrogen and oxygen atoms in total. The molecule has 0 unspecified atom stereocenters. The summed E-state index contributed by atoms with van der Waals surface area (Å²) in [6.45, 7) is 0. The number of aldehydes is 1. The third-order valence-corrected chi connectivity index (χ3v) is 3.03. The van der Waals surface area contributed by atoms with Crippen LogP contribution < -0.4 is 5.43 Å². The van der Waals surface area contributed by atoms with Crippen LogP contribution in [0.5, 0.6) is 0 Å². The van der Waals surface area contributed by atoms with E-state index < -0.39 is 0 Å². The third-order valence-electron chi connectivity index (χ3n) is 3.03. The predicted octanol–water partition coefficient (Wildman–Crippen LogP) is 0.246. The van der Waals surface area contributed by atoms with Gasteiger partial charge in [0.1, 0.15) is 0 Å². The first-order valence-electron chi connectivity index (χ1n) is 6.12. The summed E-state index contributed by atoms with van der Waals surface area (Å²) in [6, 6.07) is 6.66. The molecule has 0 bridgehead atoms. The van der Waals surface area contributed by atoms with E-state index in [9.17, 15) is 9.59 Å². The number of benzene rings is 1. The van der Waals surface area contributed by atoms with E-state index in [1.807, 2.05) is 26.2 Å². The van der Waals surface area contributed by atoms with Crippen LogP contribution in [0, 0.1) is 0 Å². The molecule has 1 amide bonds. The van der Waals surface area contributed by atoms with Crippen molar-refractivity contribution in [1.82, 2.24) is 25.8 Å². The Balaban J connectivity index is 2.77. The maximum Gasteiger partial charge on any atom is 0.267 e. The Labute approximate surface area is 119 Å². The first-order valence-corrected chi connectivity index (χ1v) is 6.12. The summed E-state index contributed by atoms with van der Waals surface area (Å²) in [5, 5.41) is 6.89. The van der Waals surface area contributed by atoms with Gasteiger partial charge in [0.2, 0.25) is 0 Å². The molecule has 0 fully saturated rings. The quantitative estimate of drug-likeness (QED) is 0.595. The number of carbonyl (C=O) groups excluding carboxylic acids is 2. The van der Waals surface area contributed by atoms with Gasteiger partial charge in [0, 0.05) is 40.8 Å². The second-order valence-corrected chi connectivity index (χ2v) is 4.50. The van der Waals surface area contributed by atoms with Crippen molar-refractivity contribution in [1.29, 1.82) is 0 Å². The van der Waals surface area contributed by atoms with Crippen molar-refractivity contribution in [3.8, 4) is 0 Å². The molecule has 0 heterocycles. The van der Waals surface area contributed by atoms with E-state index in [0.29, 0.717) is 17.4 Å². The van der Waals surface area contributed by atoms with Gasteiger partial charge in [-0.25, -0.2) is 5.01 Å². The van der Waals surface area contributed by atoms with Gasteiger partial charge in [-0.1, -0.05) is 18.2 Å². The van der Waals surface area contributed by atoms with E-state index in [0.717, 1.165) is 0 Å². The molecule has 1 N–H and O–H groups in total. The van der Waals surface area contributed by atoms with E-state index in [1.54, 1.807) is 48.6 Å². The molecular formula is C13H21N5O2. The Kier molecular flexibility index (Phi) is 5.78. The van der Waals surface area contributed by atoms with Gasteiger partial charge in [-0.3, -0.25) is 15.0 Å². The van der Waals surface area contributed by atoms with Gasteiger partial charge in [-0.2, -0.15) is 5.12 Å². The highest BCUT2D eigenvalue weighted by Crippen LogP contribution is 2.06. The van der Waals surface area contributed by atoms with Gasteiger partial charge in [0.05, 0.1) is 5.56 Å². The minimum absolute atomic E-state index is 0.339. The highest BCUT2D eigenvalue weighted by Gasteiger charge is 2.17. The second kappa shape index (κ2) is 7.11. The zero-order chi connectivity index (χ0) is 15.3. The highest BCUT2D eigenvalue weighted by atomic mass is 16.2. The van der Waals surface area contributed by atoms with Gasteiger partial charge in [0.25, 0.3) is 5.91 Å². The minimum atomic E-state index is -0.339. The Hall–Kier alpha value is -1.80. The molecule has 0 saturated carbocycles. The Bertz CT molecular complexity index is 478. The highest BCUT2D eigenvalue weighted by molar-refractivity contribution is 6.01.